The molecule has 0 fully saturated rings. The predicted octanol–water partition coefficient (Wildman–Crippen LogP) is 1.61. The Morgan fingerprint density at radius 2 is 1.87 bits per heavy atom. The summed E-state index contributed by atoms with van der Waals surface area (Å²) in [6.45, 7) is 9.81. The van der Waals surface area contributed by atoms with Gasteiger partial charge in [-0.1, -0.05) is 13.0 Å². The van der Waals surface area contributed by atoms with Gasteiger partial charge in [0.25, 0.3) is 0 Å². The number of hydrogen-bond donors (Lipinski definition) is 1. The Morgan fingerprint density at radius 3 is 2.27 bits per heavy atom. The minimum Gasteiger partial charge on any atom is -0.310 e. The third-order valence-electron chi connectivity index (χ3n) is 2.49. The fourth-order valence-corrected chi connectivity index (χ4v) is 2.59. The van der Waals surface area contributed by atoms with E-state index >= 15 is 0 Å². The van der Waals surface area contributed by atoms with Gasteiger partial charge in [-0.15, -0.1) is 6.58 Å². The molecule has 0 amide bonds. The second-order valence-electron chi connectivity index (χ2n) is 4.45. The van der Waals surface area contributed by atoms with E-state index in [0.29, 0.717) is 12.0 Å². The summed E-state index contributed by atoms with van der Waals surface area (Å²) in [5, 5.41) is 3.29. The van der Waals surface area contributed by atoms with Gasteiger partial charge in [0.2, 0.25) is 0 Å². The van der Waals surface area contributed by atoms with Gasteiger partial charge in [-0.05, 0) is 26.2 Å². The molecule has 0 aliphatic carbocycles. The molecule has 0 spiro atoms. The summed E-state index contributed by atoms with van der Waals surface area (Å²) < 4.78 is 22.1. The lowest BCUT2D eigenvalue weighted by molar-refractivity contribution is 0.376. The Morgan fingerprint density at radius 1 is 1.33 bits per heavy atom. The first-order valence-electron chi connectivity index (χ1n) is 5.31. The summed E-state index contributed by atoms with van der Waals surface area (Å²) >= 11 is 0. The summed E-state index contributed by atoms with van der Waals surface area (Å²) in [5.41, 5.74) is 0. The monoisotopic (exact) mass is 233 g/mol. The molecule has 0 aliphatic heterocycles. The molecular weight excluding hydrogens is 210 g/mol. The molecule has 15 heavy (non-hydrogen) atoms. The molecule has 3 unspecified atom stereocenters. The fraction of sp³-hybridized carbons (Fsp3) is 0.818. The van der Waals surface area contributed by atoms with E-state index in [4.69, 9.17) is 0 Å². The molecule has 0 aromatic rings. The van der Waals surface area contributed by atoms with Crippen molar-refractivity contribution in [3.63, 3.8) is 0 Å². The van der Waals surface area contributed by atoms with Gasteiger partial charge < -0.3 is 5.32 Å². The molecule has 1 N–H and O–H groups in total. The molecule has 0 aromatic heterocycles. The van der Waals surface area contributed by atoms with Crippen molar-refractivity contribution in [3.05, 3.63) is 12.7 Å². The maximum Gasteiger partial charge on any atom is 0.148 e. The first-order chi connectivity index (χ1) is 6.76. The molecule has 0 bridgehead atoms. The van der Waals surface area contributed by atoms with E-state index in [9.17, 15) is 8.42 Å². The third-order valence-corrected chi connectivity index (χ3v) is 3.60. The minimum atomic E-state index is -2.89. The zero-order valence-electron chi connectivity index (χ0n) is 10.2. The molecule has 0 aliphatic rings. The smallest absolute Gasteiger partial charge is 0.148 e. The van der Waals surface area contributed by atoms with Gasteiger partial charge >= 0.3 is 0 Å². The normalized spacial score (nSPS) is 18.1. The van der Waals surface area contributed by atoms with E-state index in [-0.39, 0.29) is 11.8 Å². The quantitative estimate of drug-likeness (QED) is 0.680. The molecule has 0 rings (SSSR count). The zero-order valence-corrected chi connectivity index (χ0v) is 11.0. The highest BCUT2D eigenvalue weighted by Crippen LogP contribution is 2.09. The molecule has 3 nitrogen and oxygen atoms in total. The van der Waals surface area contributed by atoms with Crippen LogP contribution in [-0.4, -0.2) is 32.5 Å². The number of hydrogen-bond acceptors (Lipinski definition) is 3. The van der Waals surface area contributed by atoms with Gasteiger partial charge in [0.1, 0.15) is 9.84 Å². The molecule has 0 radical (unpaired) electrons. The van der Waals surface area contributed by atoms with Crippen LogP contribution in [0.4, 0.5) is 0 Å². The van der Waals surface area contributed by atoms with Crippen LogP contribution in [0, 0.1) is 5.92 Å². The van der Waals surface area contributed by atoms with Crippen LogP contribution in [0.1, 0.15) is 27.2 Å². The molecule has 0 heterocycles. The van der Waals surface area contributed by atoms with Gasteiger partial charge in [-0.25, -0.2) is 8.42 Å². The molecule has 90 valence electrons. The lowest BCUT2D eigenvalue weighted by Crippen LogP contribution is -2.41. The van der Waals surface area contributed by atoms with Gasteiger partial charge in [0, 0.05) is 18.3 Å². The number of allylic oxidation sites excluding steroid dienone is 1. The Balaban J connectivity index is 4.06. The van der Waals surface area contributed by atoms with Gasteiger partial charge in [-0.2, -0.15) is 0 Å². The molecule has 0 saturated carbocycles. The van der Waals surface area contributed by atoms with Crippen LogP contribution in [0.25, 0.3) is 0 Å². The molecule has 4 heteroatoms. The average molecular weight is 233 g/mol. The summed E-state index contributed by atoms with van der Waals surface area (Å²) in [6.07, 6.45) is 4.10. The van der Waals surface area contributed by atoms with Crippen molar-refractivity contribution in [2.45, 2.75) is 39.3 Å². The minimum absolute atomic E-state index is 0.00210. The first-order valence-corrected chi connectivity index (χ1v) is 7.37. The van der Waals surface area contributed by atoms with Crippen molar-refractivity contribution >= 4 is 9.84 Å². The van der Waals surface area contributed by atoms with Crippen molar-refractivity contribution in [2.75, 3.05) is 12.0 Å². The summed E-state index contributed by atoms with van der Waals surface area (Å²) in [7, 11) is -2.89. The molecule has 0 aromatic carbocycles. The van der Waals surface area contributed by atoms with E-state index < -0.39 is 9.84 Å². The van der Waals surface area contributed by atoms with Crippen molar-refractivity contribution in [1.82, 2.24) is 5.32 Å². The Bertz CT molecular complexity index is 285. The van der Waals surface area contributed by atoms with Crippen molar-refractivity contribution < 1.29 is 8.42 Å². The van der Waals surface area contributed by atoms with Crippen LogP contribution in [0.15, 0.2) is 12.7 Å². The van der Waals surface area contributed by atoms with E-state index in [1.165, 1.54) is 6.26 Å². The van der Waals surface area contributed by atoms with Gasteiger partial charge in [-0.3, -0.25) is 0 Å². The van der Waals surface area contributed by atoms with Crippen LogP contribution < -0.4 is 5.32 Å². The average Bonchev–Trinajstić information content (AvgIpc) is 2.00. The lowest BCUT2D eigenvalue weighted by atomic mass is 9.99. The maximum absolute atomic E-state index is 11.1. The third kappa shape index (κ3) is 7.56. The summed E-state index contributed by atoms with van der Waals surface area (Å²) in [5.74, 6) is 0.669. The molecule has 3 atom stereocenters. The highest BCUT2D eigenvalue weighted by atomic mass is 32.2. The topological polar surface area (TPSA) is 46.2 Å². The van der Waals surface area contributed by atoms with E-state index in [0.717, 1.165) is 6.42 Å². The second-order valence-corrected chi connectivity index (χ2v) is 6.64. The Kier molecular flexibility index (Phi) is 6.13. The fourth-order valence-electron chi connectivity index (χ4n) is 1.58. The number of nitrogens with one attached hydrogen (secondary N) is 1. The largest absolute Gasteiger partial charge is 0.310 e. The zero-order chi connectivity index (χ0) is 12.1. The number of rotatable bonds is 7. The standard InChI is InChI=1S/C11H23NO2S/c1-6-7-9(2)11(4)12-10(3)8-15(5,13)14/h6,9-12H,1,7-8H2,2-5H3. The summed E-state index contributed by atoms with van der Waals surface area (Å²) in [4.78, 5) is 0. The van der Waals surface area contributed by atoms with Crippen LogP contribution >= 0.6 is 0 Å². The molecular formula is C11H23NO2S. The summed E-state index contributed by atoms with van der Waals surface area (Å²) in [6, 6.07) is 0.307. The maximum atomic E-state index is 11.1. The van der Waals surface area contributed by atoms with Gasteiger partial charge in [0.15, 0.2) is 0 Å². The highest BCUT2D eigenvalue weighted by Gasteiger charge is 2.16. The van der Waals surface area contributed by atoms with Gasteiger partial charge in [0.05, 0.1) is 5.75 Å². The highest BCUT2D eigenvalue weighted by molar-refractivity contribution is 7.90. The first kappa shape index (κ1) is 14.6. The van der Waals surface area contributed by atoms with E-state index in [1.54, 1.807) is 0 Å². The second kappa shape index (κ2) is 6.28. The SMILES string of the molecule is C=CCC(C)C(C)NC(C)CS(C)(=O)=O. The Labute approximate surface area is 93.9 Å². The van der Waals surface area contributed by atoms with Crippen LogP contribution in [0.3, 0.4) is 0 Å². The van der Waals surface area contributed by atoms with E-state index in [1.807, 2.05) is 13.0 Å². The van der Waals surface area contributed by atoms with Crippen LogP contribution in [0.5, 0.6) is 0 Å². The van der Waals surface area contributed by atoms with E-state index in [2.05, 4.69) is 25.7 Å². The molecule has 0 saturated heterocycles. The predicted molar refractivity (Wildman–Crippen MR) is 65.7 cm³/mol. The van der Waals surface area contributed by atoms with Crippen LogP contribution in [-0.2, 0) is 9.84 Å². The number of sulfone groups is 1. The Hall–Kier alpha value is -0.350. The lowest BCUT2D eigenvalue weighted by Gasteiger charge is -2.24. The van der Waals surface area contributed by atoms with Crippen molar-refractivity contribution in [3.8, 4) is 0 Å². The van der Waals surface area contributed by atoms with Crippen molar-refractivity contribution in [1.29, 1.82) is 0 Å². The van der Waals surface area contributed by atoms with Crippen LogP contribution in [0.2, 0.25) is 0 Å². The van der Waals surface area contributed by atoms with Crippen molar-refractivity contribution in [2.24, 2.45) is 5.92 Å².